The summed E-state index contributed by atoms with van der Waals surface area (Å²) < 4.78 is 5.32. The summed E-state index contributed by atoms with van der Waals surface area (Å²) in [5.74, 6) is 0.268. The van der Waals surface area contributed by atoms with Gasteiger partial charge in [-0.05, 0) is 12.1 Å². The van der Waals surface area contributed by atoms with E-state index in [0.717, 1.165) is 11.3 Å². The second-order valence-corrected chi connectivity index (χ2v) is 3.35. The Hall–Kier alpha value is -2.17. The molecule has 0 atom stereocenters. The lowest BCUT2D eigenvalue weighted by molar-refractivity contribution is -0.122. The van der Waals surface area contributed by atoms with Crippen molar-refractivity contribution >= 4 is 23.4 Å². The maximum atomic E-state index is 11.1. The molecule has 0 saturated heterocycles. The number of anilines is 2. The van der Waals surface area contributed by atoms with Gasteiger partial charge in [0.05, 0.1) is 5.69 Å². The molecule has 0 bridgehead atoms. The maximum Gasteiger partial charge on any atom is 0.257 e. The summed E-state index contributed by atoms with van der Waals surface area (Å²) in [5, 5.41) is 5.47. The summed E-state index contributed by atoms with van der Waals surface area (Å²) in [6, 6.07) is 3.55. The normalized spacial score (nSPS) is 9.53. The molecule has 4 N–H and O–H groups in total. The predicted molar refractivity (Wildman–Crippen MR) is 70.1 cm³/mol. The Morgan fingerprint density at radius 1 is 1.53 bits per heavy atom. The zero-order chi connectivity index (χ0) is 12.8. The first kappa shape index (κ1) is 12.9. The van der Waals surface area contributed by atoms with Crippen LogP contribution in [0.25, 0.3) is 6.08 Å². The van der Waals surface area contributed by atoms with Crippen LogP contribution in [0.15, 0.2) is 18.7 Å². The molecule has 0 saturated carbocycles. The van der Waals surface area contributed by atoms with E-state index < -0.39 is 0 Å². The fourth-order valence-electron chi connectivity index (χ4n) is 1.40. The zero-order valence-electron chi connectivity index (χ0n) is 10.0. The molecule has 0 aliphatic rings. The second-order valence-electron chi connectivity index (χ2n) is 3.35. The molecule has 1 aromatic rings. The van der Waals surface area contributed by atoms with E-state index in [1.165, 1.54) is 0 Å². The Kier molecular flexibility index (Phi) is 4.39. The number of nitrogen functional groups attached to an aromatic ring is 1. The Bertz CT molecular complexity index is 430. The molecular formula is C12H17N3O2. The number of nitrogens with one attached hydrogen (secondary N) is 2. The van der Waals surface area contributed by atoms with Crippen LogP contribution in [-0.4, -0.2) is 26.6 Å². The molecule has 92 valence electrons. The largest absolute Gasteiger partial charge is 0.482 e. The minimum Gasteiger partial charge on any atom is -0.482 e. The van der Waals surface area contributed by atoms with Gasteiger partial charge in [-0.1, -0.05) is 12.7 Å². The minimum absolute atomic E-state index is 0.0593. The van der Waals surface area contributed by atoms with Gasteiger partial charge in [0.2, 0.25) is 0 Å². The molecule has 17 heavy (non-hydrogen) atoms. The van der Waals surface area contributed by atoms with Gasteiger partial charge in [0.15, 0.2) is 6.61 Å². The first-order valence-corrected chi connectivity index (χ1v) is 5.20. The highest BCUT2D eigenvalue weighted by molar-refractivity contribution is 5.81. The lowest BCUT2D eigenvalue weighted by atomic mass is 10.1. The Labute approximate surface area is 101 Å². The van der Waals surface area contributed by atoms with Gasteiger partial charge < -0.3 is 21.1 Å². The Balaban J connectivity index is 2.94. The van der Waals surface area contributed by atoms with Crippen LogP contribution < -0.4 is 21.1 Å². The number of ether oxygens (including phenoxy) is 1. The van der Waals surface area contributed by atoms with Crippen LogP contribution in [-0.2, 0) is 4.79 Å². The van der Waals surface area contributed by atoms with Gasteiger partial charge in [-0.15, -0.1) is 0 Å². The highest BCUT2D eigenvalue weighted by Gasteiger charge is 2.09. The first-order valence-electron chi connectivity index (χ1n) is 5.20. The number of carbonyl (C=O) groups excluding carboxylic acids is 1. The van der Waals surface area contributed by atoms with Crippen molar-refractivity contribution in [3.8, 4) is 5.75 Å². The molecule has 5 heteroatoms. The molecule has 0 fully saturated rings. The molecule has 0 unspecified atom stereocenters. The number of rotatable bonds is 5. The van der Waals surface area contributed by atoms with Crippen molar-refractivity contribution in [1.29, 1.82) is 0 Å². The Morgan fingerprint density at radius 3 is 2.76 bits per heavy atom. The smallest absolute Gasteiger partial charge is 0.257 e. The SMILES string of the molecule is C=Cc1c(NC)ccc(OCC(=O)NC)c1N. The fraction of sp³-hybridized carbons (Fsp3) is 0.250. The molecule has 0 radical (unpaired) electrons. The van der Waals surface area contributed by atoms with Crippen LogP contribution in [0.5, 0.6) is 5.75 Å². The molecule has 1 aromatic carbocycles. The highest BCUT2D eigenvalue weighted by Crippen LogP contribution is 2.32. The van der Waals surface area contributed by atoms with Gasteiger partial charge in [0.25, 0.3) is 5.91 Å². The third-order valence-electron chi connectivity index (χ3n) is 2.36. The van der Waals surface area contributed by atoms with E-state index in [-0.39, 0.29) is 12.5 Å². The van der Waals surface area contributed by atoms with Crippen molar-refractivity contribution in [1.82, 2.24) is 5.32 Å². The standard InChI is InChI=1S/C12H17N3O2/c1-4-8-9(14-2)5-6-10(12(8)13)17-7-11(16)15-3/h4-6,14H,1,7,13H2,2-3H3,(H,15,16). The van der Waals surface area contributed by atoms with E-state index in [2.05, 4.69) is 17.2 Å². The van der Waals surface area contributed by atoms with Gasteiger partial charge in [-0.3, -0.25) is 4.79 Å². The van der Waals surface area contributed by atoms with Crippen LogP contribution in [0.1, 0.15) is 5.56 Å². The summed E-state index contributed by atoms with van der Waals surface area (Å²) in [4.78, 5) is 11.1. The van der Waals surface area contributed by atoms with E-state index in [1.54, 1.807) is 26.2 Å². The molecule has 0 aromatic heterocycles. The number of nitrogens with two attached hydrogens (primary N) is 1. The number of carbonyl (C=O) groups is 1. The summed E-state index contributed by atoms with van der Waals surface area (Å²) in [6.45, 7) is 3.64. The number of benzene rings is 1. The van der Waals surface area contributed by atoms with Crippen molar-refractivity contribution in [3.63, 3.8) is 0 Å². The predicted octanol–water partition coefficient (Wildman–Crippen LogP) is 1.08. The second kappa shape index (κ2) is 5.79. The number of hydrogen-bond donors (Lipinski definition) is 3. The quantitative estimate of drug-likeness (QED) is 0.667. The third kappa shape index (κ3) is 2.90. The molecule has 0 aliphatic heterocycles. The van der Waals surface area contributed by atoms with Crippen molar-refractivity contribution in [2.75, 3.05) is 31.8 Å². The minimum atomic E-state index is -0.206. The topological polar surface area (TPSA) is 76.4 Å². The number of hydrogen-bond acceptors (Lipinski definition) is 4. The molecule has 1 rings (SSSR count). The van der Waals surface area contributed by atoms with Crippen molar-refractivity contribution < 1.29 is 9.53 Å². The van der Waals surface area contributed by atoms with E-state index in [1.807, 2.05) is 6.07 Å². The van der Waals surface area contributed by atoms with Gasteiger partial charge in [0.1, 0.15) is 5.75 Å². The summed E-state index contributed by atoms with van der Waals surface area (Å²) in [7, 11) is 3.35. The van der Waals surface area contributed by atoms with Crippen LogP contribution in [0.3, 0.4) is 0 Å². The van der Waals surface area contributed by atoms with Crippen LogP contribution in [0.2, 0.25) is 0 Å². The van der Waals surface area contributed by atoms with Crippen molar-refractivity contribution in [3.05, 3.63) is 24.3 Å². The van der Waals surface area contributed by atoms with E-state index in [4.69, 9.17) is 10.5 Å². The average Bonchev–Trinajstić information content (AvgIpc) is 2.36. The van der Waals surface area contributed by atoms with Gasteiger partial charge >= 0.3 is 0 Å². The summed E-state index contributed by atoms with van der Waals surface area (Å²) in [5.41, 5.74) is 8.03. The van der Waals surface area contributed by atoms with Crippen LogP contribution >= 0.6 is 0 Å². The molecule has 5 nitrogen and oxygen atoms in total. The van der Waals surface area contributed by atoms with Crippen molar-refractivity contribution in [2.45, 2.75) is 0 Å². The number of likely N-dealkylation sites (N-methyl/N-ethyl adjacent to an activating group) is 1. The van der Waals surface area contributed by atoms with Crippen molar-refractivity contribution in [2.24, 2.45) is 0 Å². The van der Waals surface area contributed by atoms with E-state index in [0.29, 0.717) is 11.4 Å². The molecule has 1 amide bonds. The average molecular weight is 235 g/mol. The number of amides is 1. The molecule has 0 spiro atoms. The fourth-order valence-corrected chi connectivity index (χ4v) is 1.40. The van der Waals surface area contributed by atoms with Gasteiger partial charge in [-0.2, -0.15) is 0 Å². The third-order valence-corrected chi connectivity index (χ3v) is 2.36. The monoisotopic (exact) mass is 235 g/mol. The zero-order valence-corrected chi connectivity index (χ0v) is 10.0. The van der Waals surface area contributed by atoms with E-state index >= 15 is 0 Å². The molecule has 0 heterocycles. The first-order chi connectivity index (χ1) is 8.13. The summed E-state index contributed by atoms with van der Waals surface area (Å²) >= 11 is 0. The molecular weight excluding hydrogens is 218 g/mol. The van der Waals surface area contributed by atoms with Crippen LogP contribution in [0, 0.1) is 0 Å². The maximum absolute atomic E-state index is 11.1. The summed E-state index contributed by atoms with van der Waals surface area (Å²) in [6.07, 6.45) is 1.65. The Morgan fingerprint density at radius 2 is 2.24 bits per heavy atom. The lowest BCUT2D eigenvalue weighted by Gasteiger charge is -2.13. The van der Waals surface area contributed by atoms with E-state index in [9.17, 15) is 4.79 Å². The highest BCUT2D eigenvalue weighted by atomic mass is 16.5. The van der Waals surface area contributed by atoms with Crippen LogP contribution in [0.4, 0.5) is 11.4 Å². The van der Waals surface area contributed by atoms with Gasteiger partial charge in [-0.25, -0.2) is 0 Å². The van der Waals surface area contributed by atoms with Gasteiger partial charge in [0, 0.05) is 25.3 Å². The molecule has 0 aliphatic carbocycles. The lowest BCUT2D eigenvalue weighted by Crippen LogP contribution is -2.25.